The summed E-state index contributed by atoms with van der Waals surface area (Å²) in [4.78, 5) is 28.5. The van der Waals surface area contributed by atoms with E-state index in [9.17, 15) is 9.59 Å². The summed E-state index contributed by atoms with van der Waals surface area (Å²) in [5.74, 6) is 0.118. The van der Waals surface area contributed by atoms with Crippen LogP contribution >= 0.6 is 0 Å². The van der Waals surface area contributed by atoms with E-state index in [0.29, 0.717) is 19.1 Å². The first kappa shape index (κ1) is 19.7. The van der Waals surface area contributed by atoms with Gasteiger partial charge in [-0.25, -0.2) is 0 Å². The van der Waals surface area contributed by atoms with Crippen molar-refractivity contribution >= 4 is 11.9 Å². The Morgan fingerprint density at radius 3 is 2.60 bits per heavy atom. The predicted molar refractivity (Wildman–Crippen MR) is 98.5 cm³/mol. The lowest BCUT2D eigenvalue weighted by Crippen LogP contribution is -2.37. The van der Waals surface area contributed by atoms with Gasteiger partial charge in [-0.1, -0.05) is 26.8 Å². The van der Waals surface area contributed by atoms with Gasteiger partial charge >= 0.3 is 5.97 Å². The number of likely N-dealkylation sites (tertiary alicyclic amines) is 1. The zero-order valence-electron chi connectivity index (χ0n) is 16.2. The maximum absolute atomic E-state index is 12.7. The Kier molecular flexibility index (Phi) is 6.44. The Labute approximate surface area is 151 Å². The molecule has 0 aromatic heterocycles. The third-order valence-corrected chi connectivity index (χ3v) is 4.94. The number of carbonyl (C=O) groups excluding carboxylic acids is 2. The molecule has 25 heavy (non-hydrogen) atoms. The second kappa shape index (κ2) is 8.17. The molecule has 0 aromatic rings. The van der Waals surface area contributed by atoms with Crippen LogP contribution in [0.3, 0.4) is 0 Å². The Morgan fingerprint density at radius 2 is 2.04 bits per heavy atom. The van der Waals surface area contributed by atoms with E-state index in [1.165, 1.54) is 12.0 Å². The van der Waals surface area contributed by atoms with Gasteiger partial charge in [0.1, 0.15) is 0 Å². The van der Waals surface area contributed by atoms with Crippen molar-refractivity contribution in [1.29, 1.82) is 0 Å². The minimum atomic E-state index is -0.425. The molecule has 2 aliphatic rings. The lowest BCUT2D eigenvalue weighted by Gasteiger charge is -2.34. The second-order valence-corrected chi connectivity index (χ2v) is 8.02. The number of rotatable bonds is 5. The van der Waals surface area contributed by atoms with E-state index < -0.39 is 5.41 Å². The molecule has 5 heteroatoms. The number of nitrogens with zero attached hydrogens (tertiary/aromatic N) is 2. The van der Waals surface area contributed by atoms with Crippen LogP contribution in [0.2, 0.25) is 0 Å². The Hall–Kier alpha value is -1.62. The van der Waals surface area contributed by atoms with Crippen molar-refractivity contribution in [2.75, 3.05) is 20.2 Å². The first-order valence-corrected chi connectivity index (χ1v) is 9.32. The lowest BCUT2D eigenvalue weighted by atomic mass is 9.86. The van der Waals surface area contributed by atoms with Crippen LogP contribution in [0.4, 0.5) is 0 Å². The quantitative estimate of drug-likeness (QED) is 0.715. The highest BCUT2D eigenvalue weighted by Gasteiger charge is 2.33. The Morgan fingerprint density at radius 1 is 1.32 bits per heavy atom. The molecule has 1 fully saturated rings. The van der Waals surface area contributed by atoms with E-state index in [1.54, 1.807) is 4.90 Å². The molecule has 0 N–H and O–H groups in total. The van der Waals surface area contributed by atoms with E-state index in [0.717, 1.165) is 19.4 Å². The molecule has 2 unspecified atom stereocenters. The second-order valence-electron chi connectivity index (χ2n) is 8.02. The standard InChI is InChI=1S/C20H32N2O3/c1-6-25-18(23)10-9-15-11-13-22(19(24)20(2,3)4)14-16(15)17-8-7-12-21(17)5/h11,13-15,17H,6-10,12H2,1-5H3. The molecule has 2 heterocycles. The Bertz CT molecular complexity index is 560. The molecule has 0 aliphatic carbocycles. The summed E-state index contributed by atoms with van der Waals surface area (Å²) in [6.45, 7) is 9.12. The largest absolute Gasteiger partial charge is 0.466 e. The Balaban J connectivity index is 2.18. The number of carbonyl (C=O) groups is 2. The number of allylic oxidation sites excluding steroid dienone is 1. The number of amides is 1. The van der Waals surface area contributed by atoms with E-state index in [2.05, 4.69) is 18.0 Å². The molecule has 0 saturated carbocycles. The number of likely N-dealkylation sites (N-methyl/N-ethyl adjacent to an activating group) is 1. The van der Waals surface area contributed by atoms with Gasteiger partial charge in [0, 0.05) is 36.2 Å². The third-order valence-electron chi connectivity index (χ3n) is 4.94. The minimum absolute atomic E-state index is 0.0887. The van der Waals surface area contributed by atoms with Crippen LogP contribution in [-0.4, -0.2) is 47.9 Å². The molecule has 0 aromatic carbocycles. The van der Waals surface area contributed by atoms with Crippen molar-refractivity contribution in [2.45, 2.75) is 59.4 Å². The zero-order chi connectivity index (χ0) is 18.6. The fourth-order valence-corrected chi connectivity index (χ4v) is 3.55. The third kappa shape index (κ3) is 4.94. The number of esters is 1. The SMILES string of the molecule is CCOC(=O)CCC1C=CN(C(=O)C(C)(C)C)C=C1C1CCCN1C. The van der Waals surface area contributed by atoms with Gasteiger partial charge in [-0.2, -0.15) is 0 Å². The average Bonchev–Trinajstić information content (AvgIpc) is 2.97. The lowest BCUT2D eigenvalue weighted by molar-refractivity contribution is -0.143. The zero-order valence-corrected chi connectivity index (χ0v) is 16.2. The van der Waals surface area contributed by atoms with Crippen LogP contribution in [0.15, 0.2) is 24.0 Å². The molecule has 140 valence electrons. The molecular weight excluding hydrogens is 316 g/mol. The van der Waals surface area contributed by atoms with Gasteiger partial charge in [-0.3, -0.25) is 19.4 Å². The molecule has 0 spiro atoms. The molecule has 0 radical (unpaired) electrons. The fraction of sp³-hybridized carbons (Fsp3) is 0.700. The summed E-state index contributed by atoms with van der Waals surface area (Å²) in [6, 6.07) is 0.340. The van der Waals surface area contributed by atoms with Crippen LogP contribution in [0.1, 0.15) is 53.4 Å². The molecule has 2 rings (SSSR count). The van der Waals surface area contributed by atoms with Gasteiger partial charge < -0.3 is 4.74 Å². The van der Waals surface area contributed by atoms with Crippen LogP contribution in [0.25, 0.3) is 0 Å². The van der Waals surface area contributed by atoms with E-state index >= 15 is 0 Å². The first-order valence-electron chi connectivity index (χ1n) is 9.32. The maximum Gasteiger partial charge on any atom is 0.305 e. The summed E-state index contributed by atoms with van der Waals surface area (Å²) >= 11 is 0. The van der Waals surface area contributed by atoms with Gasteiger partial charge in [-0.15, -0.1) is 0 Å². The molecule has 1 saturated heterocycles. The van der Waals surface area contributed by atoms with Crippen molar-refractivity contribution in [3.63, 3.8) is 0 Å². The molecule has 1 amide bonds. The maximum atomic E-state index is 12.7. The van der Waals surface area contributed by atoms with Crippen LogP contribution in [-0.2, 0) is 14.3 Å². The smallest absolute Gasteiger partial charge is 0.305 e. The van der Waals surface area contributed by atoms with Crippen LogP contribution in [0.5, 0.6) is 0 Å². The van der Waals surface area contributed by atoms with Crippen molar-refractivity contribution in [1.82, 2.24) is 9.80 Å². The number of ether oxygens (including phenoxy) is 1. The first-order chi connectivity index (χ1) is 11.7. The summed E-state index contributed by atoms with van der Waals surface area (Å²) in [7, 11) is 2.13. The molecule has 0 bridgehead atoms. The van der Waals surface area contributed by atoms with Crippen molar-refractivity contribution in [3.8, 4) is 0 Å². The highest BCUT2D eigenvalue weighted by molar-refractivity contribution is 5.83. The molecule has 2 aliphatic heterocycles. The highest BCUT2D eigenvalue weighted by atomic mass is 16.5. The van der Waals surface area contributed by atoms with E-state index in [-0.39, 0.29) is 17.8 Å². The fourth-order valence-electron chi connectivity index (χ4n) is 3.55. The van der Waals surface area contributed by atoms with Crippen LogP contribution in [0, 0.1) is 11.3 Å². The van der Waals surface area contributed by atoms with Gasteiger partial charge in [0.05, 0.1) is 6.61 Å². The summed E-state index contributed by atoms with van der Waals surface area (Å²) < 4.78 is 5.06. The van der Waals surface area contributed by atoms with E-state index in [1.807, 2.05) is 40.1 Å². The molecular formula is C20H32N2O3. The molecule has 5 nitrogen and oxygen atoms in total. The van der Waals surface area contributed by atoms with E-state index in [4.69, 9.17) is 4.74 Å². The van der Waals surface area contributed by atoms with Gasteiger partial charge in [-0.05, 0) is 45.4 Å². The topological polar surface area (TPSA) is 49.9 Å². The highest BCUT2D eigenvalue weighted by Crippen LogP contribution is 2.34. The summed E-state index contributed by atoms with van der Waals surface area (Å²) in [5.41, 5.74) is 0.815. The van der Waals surface area contributed by atoms with Crippen molar-refractivity contribution in [3.05, 3.63) is 24.0 Å². The van der Waals surface area contributed by atoms with Crippen molar-refractivity contribution in [2.24, 2.45) is 11.3 Å². The predicted octanol–water partition coefficient (Wildman–Crippen LogP) is 3.33. The summed E-state index contributed by atoms with van der Waals surface area (Å²) in [6.07, 6.45) is 9.35. The number of hydrogen-bond donors (Lipinski definition) is 0. The van der Waals surface area contributed by atoms with Gasteiger partial charge in [0.25, 0.3) is 0 Å². The van der Waals surface area contributed by atoms with Crippen LogP contribution < -0.4 is 0 Å². The van der Waals surface area contributed by atoms with Crippen molar-refractivity contribution < 1.29 is 14.3 Å². The summed E-state index contributed by atoms with van der Waals surface area (Å²) in [5, 5.41) is 0. The van der Waals surface area contributed by atoms with Gasteiger partial charge in [0.15, 0.2) is 0 Å². The normalized spacial score (nSPS) is 24.4. The minimum Gasteiger partial charge on any atom is -0.466 e. The average molecular weight is 348 g/mol. The van der Waals surface area contributed by atoms with Gasteiger partial charge in [0.2, 0.25) is 5.91 Å². The molecule has 2 atom stereocenters. The monoisotopic (exact) mass is 348 g/mol. The number of hydrogen-bond acceptors (Lipinski definition) is 4.